The summed E-state index contributed by atoms with van der Waals surface area (Å²) in [5.41, 5.74) is -3.23. The molecule has 1 unspecified atom stereocenters. The van der Waals surface area contributed by atoms with E-state index in [2.05, 4.69) is 35.8 Å². The molecule has 5 atom stereocenters. The molecule has 0 spiro atoms. The molecule has 18 heteroatoms. The SMILES string of the molecule is C=CC1C[C@]1(NC(=O)[C@@H]1C[C@@H](OC(=O)N(CCCC)CCCC)CN1C(=O)[C@@H](NC(=O)OC(C)(C)C)C(C)(C)C)C(=O)NS(=O)(=O)C1CC1.CCCCN(CCCC)C(=O)Cl. The van der Waals surface area contributed by atoms with Crippen LogP contribution in [-0.2, 0) is 33.9 Å². The zero-order chi connectivity index (χ0) is 46.3. The fourth-order valence-corrected chi connectivity index (χ4v) is 8.36. The van der Waals surface area contributed by atoms with Crippen LogP contribution in [0.1, 0.15) is 146 Å². The molecule has 1 saturated heterocycles. The number of ether oxygens (including phenoxy) is 2. The van der Waals surface area contributed by atoms with Gasteiger partial charge in [0.25, 0.3) is 5.91 Å². The molecule has 0 bridgehead atoms. The Balaban J connectivity index is 0.000000925. The maximum atomic E-state index is 14.3. The van der Waals surface area contributed by atoms with Crippen LogP contribution in [0.25, 0.3) is 0 Å². The predicted molar refractivity (Wildman–Crippen MR) is 236 cm³/mol. The Morgan fingerprint density at radius 2 is 1.38 bits per heavy atom. The van der Waals surface area contributed by atoms with Gasteiger partial charge in [0.15, 0.2) is 0 Å². The highest BCUT2D eigenvalue weighted by Crippen LogP contribution is 2.45. The van der Waals surface area contributed by atoms with Gasteiger partial charge in [0.05, 0.1) is 11.8 Å². The first kappa shape index (κ1) is 53.5. The van der Waals surface area contributed by atoms with Crippen LogP contribution in [-0.4, -0.2) is 126 Å². The Hall–Kier alpha value is -3.60. The Bertz CT molecular complexity index is 1610. The lowest BCUT2D eigenvalue weighted by Gasteiger charge is -2.36. The number of likely N-dealkylation sites (tertiary alicyclic amines) is 1. The number of unbranched alkanes of at least 4 members (excludes halogenated alkanes) is 4. The van der Waals surface area contributed by atoms with Crippen molar-refractivity contribution in [3.63, 3.8) is 0 Å². The quantitative estimate of drug-likeness (QED) is 0.0622. The first-order valence-electron chi connectivity index (χ1n) is 22.1. The van der Waals surface area contributed by atoms with Gasteiger partial charge in [-0.1, -0.05) is 80.2 Å². The van der Waals surface area contributed by atoms with E-state index in [0.29, 0.717) is 25.9 Å². The number of rotatable bonds is 21. The van der Waals surface area contributed by atoms with E-state index < -0.39 is 85.8 Å². The van der Waals surface area contributed by atoms with E-state index in [0.717, 1.165) is 64.5 Å². The molecule has 61 heavy (non-hydrogen) atoms. The van der Waals surface area contributed by atoms with Crippen molar-refractivity contribution in [3.8, 4) is 0 Å². The van der Waals surface area contributed by atoms with E-state index in [1.807, 2.05) is 13.8 Å². The minimum atomic E-state index is -3.90. The van der Waals surface area contributed by atoms with Crippen molar-refractivity contribution < 1.29 is 46.7 Å². The van der Waals surface area contributed by atoms with Gasteiger partial charge in [0.2, 0.25) is 21.8 Å². The third-order valence-corrected chi connectivity index (χ3v) is 12.8. The van der Waals surface area contributed by atoms with Gasteiger partial charge in [-0.15, -0.1) is 6.58 Å². The summed E-state index contributed by atoms with van der Waals surface area (Å²) < 4.78 is 38.7. The first-order chi connectivity index (χ1) is 28.4. The highest BCUT2D eigenvalue weighted by atomic mass is 35.5. The van der Waals surface area contributed by atoms with Crippen LogP contribution in [0, 0.1) is 11.3 Å². The molecule has 3 rings (SSSR count). The van der Waals surface area contributed by atoms with Crippen LogP contribution in [0.5, 0.6) is 0 Å². The van der Waals surface area contributed by atoms with E-state index >= 15 is 0 Å². The van der Waals surface area contributed by atoms with Crippen molar-refractivity contribution in [2.75, 3.05) is 32.7 Å². The van der Waals surface area contributed by atoms with Gasteiger partial charge in [-0.05, 0) is 82.7 Å². The number of hydrogen-bond acceptors (Lipinski definition) is 10. The number of nitrogens with one attached hydrogen (secondary N) is 3. The molecular weight excluding hydrogens is 828 g/mol. The van der Waals surface area contributed by atoms with Crippen LogP contribution in [0.2, 0.25) is 0 Å². The summed E-state index contributed by atoms with van der Waals surface area (Å²) in [6, 6.07) is -2.34. The molecule has 3 fully saturated rings. The Labute approximate surface area is 370 Å². The molecular formula is C43H75ClN6O10S. The number of carbonyl (C=O) groups is 6. The molecule has 3 aliphatic rings. The smallest absolute Gasteiger partial charge is 0.410 e. The van der Waals surface area contributed by atoms with Crippen LogP contribution in [0.15, 0.2) is 12.7 Å². The lowest BCUT2D eigenvalue weighted by molar-refractivity contribution is -0.143. The van der Waals surface area contributed by atoms with Gasteiger partial charge in [0.1, 0.15) is 29.3 Å². The summed E-state index contributed by atoms with van der Waals surface area (Å²) in [6.07, 6.45) is 7.84. The largest absolute Gasteiger partial charge is 0.444 e. The molecule has 0 aromatic heterocycles. The van der Waals surface area contributed by atoms with Gasteiger partial charge >= 0.3 is 17.6 Å². The average molecular weight is 904 g/mol. The molecule has 0 aromatic carbocycles. The van der Waals surface area contributed by atoms with Crippen LogP contribution in [0.4, 0.5) is 14.4 Å². The monoisotopic (exact) mass is 902 g/mol. The summed E-state index contributed by atoms with van der Waals surface area (Å²) in [7, 11) is -3.90. The van der Waals surface area contributed by atoms with Crippen LogP contribution >= 0.6 is 11.6 Å². The van der Waals surface area contributed by atoms with Gasteiger partial charge in [-0.25, -0.2) is 18.0 Å². The van der Waals surface area contributed by atoms with Crippen LogP contribution in [0.3, 0.4) is 0 Å². The van der Waals surface area contributed by atoms with Crippen molar-refractivity contribution >= 4 is 56.9 Å². The topological polar surface area (TPSA) is 201 Å². The van der Waals surface area contributed by atoms with E-state index in [4.69, 9.17) is 21.1 Å². The maximum absolute atomic E-state index is 14.3. The normalized spacial score (nSPS) is 21.5. The second-order valence-corrected chi connectivity index (χ2v) is 20.8. The molecule has 16 nitrogen and oxygen atoms in total. The second kappa shape index (κ2) is 23.7. The van der Waals surface area contributed by atoms with Crippen molar-refractivity contribution in [2.24, 2.45) is 11.3 Å². The molecule has 0 aromatic rings. The molecule has 0 radical (unpaired) electrons. The highest BCUT2D eigenvalue weighted by Gasteiger charge is 2.62. The third kappa shape index (κ3) is 16.9. The van der Waals surface area contributed by atoms with Crippen molar-refractivity contribution in [2.45, 2.75) is 181 Å². The third-order valence-electron chi connectivity index (χ3n) is 10.8. The number of alkyl carbamates (subject to hydrolysis) is 1. The number of sulfonamides is 1. The lowest BCUT2D eigenvalue weighted by Crippen LogP contribution is -2.60. The molecule has 2 saturated carbocycles. The number of hydrogen-bond donors (Lipinski definition) is 3. The zero-order valence-corrected chi connectivity index (χ0v) is 40.0. The number of nitrogens with zero attached hydrogens (tertiary/aromatic N) is 3. The summed E-state index contributed by atoms with van der Waals surface area (Å²) in [4.78, 5) is 83.4. The van der Waals surface area contributed by atoms with Gasteiger partial charge in [0, 0.05) is 38.5 Å². The van der Waals surface area contributed by atoms with Gasteiger partial charge in [-0.3, -0.25) is 23.9 Å². The molecule has 6 amide bonds. The second-order valence-electron chi connectivity index (χ2n) is 18.5. The summed E-state index contributed by atoms with van der Waals surface area (Å²) in [5.74, 6) is -2.71. The molecule has 350 valence electrons. The Morgan fingerprint density at radius 3 is 1.79 bits per heavy atom. The van der Waals surface area contributed by atoms with Crippen molar-refractivity contribution in [1.29, 1.82) is 0 Å². The van der Waals surface area contributed by atoms with Crippen LogP contribution < -0.4 is 15.4 Å². The van der Waals surface area contributed by atoms with Gasteiger partial charge < -0.3 is 34.8 Å². The number of carbonyl (C=O) groups excluding carboxylic acids is 6. The minimum absolute atomic E-state index is 0.0706. The van der Waals surface area contributed by atoms with Crippen molar-refractivity contribution in [1.82, 2.24) is 30.1 Å². The van der Waals surface area contributed by atoms with E-state index in [1.165, 1.54) is 11.0 Å². The predicted octanol–water partition coefficient (Wildman–Crippen LogP) is 6.85. The van der Waals surface area contributed by atoms with Crippen molar-refractivity contribution in [3.05, 3.63) is 12.7 Å². The Kier molecular flexibility index (Phi) is 20.8. The molecule has 2 aliphatic carbocycles. The molecule has 1 heterocycles. The fourth-order valence-electron chi connectivity index (χ4n) is 6.83. The van der Waals surface area contributed by atoms with E-state index in [1.54, 1.807) is 51.3 Å². The number of amides is 6. The van der Waals surface area contributed by atoms with Gasteiger partial charge in [-0.2, -0.15) is 0 Å². The zero-order valence-electron chi connectivity index (χ0n) is 38.4. The first-order valence-corrected chi connectivity index (χ1v) is 24.0. The summed E-state index contributed by atoms with van der Waals surface area (Å²) >= 11 is 5.40. The summed E-state index contributed by atoms with van der Waals surface area (Å²) in [6.45, 7) is 24.8. The maximum Gasteiger partial charge on any atom is 0.410 e. The van der Waals surface area contributed by atoms with E-state index in [-0.39, 0.29) is 24.8 Å². The van der Waals surface area contributed by atoms with E-state index in [9.17, 15) is 37.2 Å². The average Bonchev–Trinajstić information content (AvgIpc) is 4.09. The standard InChI is InChI=1S/C34H57N5O9S.C9H18ClNO/c1-10-13-17-38(18-14-11-2)31(44)47-23-19-25(39(21-23)28(41)26(32(4,5)6)35-30(43)48-33(7,8)9)27(40)36-34(20-22(34)12-3)29(42)37-49(45,46)24-15-16-24;1-3-5-7-11(9(10)12)8-6-4-2/h12,22-26H,3,10-11,13-21H2,1-2,4-9H3,(H,35,43)(H,36,40)(H,37,42);3-8H2,1-2H3/t22?,23-,25+,26-,34-;/m1./s1. The Morgan fingerprint density at radius 1 is 0.869 bits per heavy atom. The fraction of sp³-hybridized carbons (Fsp3) is 0.814. The summed E-state index contributed by atoms with van der Waals surface area (Å²) in [5, 5.41) is 4.44. The lowest BCUT2D eigenvalue weighted by atomic mass is 9.85. The number of halogens is 1. The minimum Gasteiger partial charge on any atom is -0.444 e. The molecule has 3 N–H and O–H groups in total. The molecule has 1 aliphatic heterocycles. The highest BCUT2D eigenvalue weighted by molar-refractivity contribution is 7.91.